The number of aliphatic hydroxyl groups is 1. The van der Waals surface area contributed by atoms with Gasteiger partial charge in [-0.1, -0.05) is 13.0 Å². The summed E-state index contributed by atoms with van der Waals surface area (Å²) in [5.74, 6) is 1.46. The van der Waals surface area contributed by atoms with Crippen molar-refractivity contribution >= 4 is 0 Å². The first kappa shape index (κ1) is 16.8. The third-order valence-corrected chi connectivity index (χ3v) is 2.81. The van der Waals surface area contributed by atoms with Crippen LogP contribution in [0.15, 0.2) is 18.2 Å². The summed E-state index contributed by atoms with van der Waals surface area (Å²) in [4.78, 5) is 0. The number of ether oxygens (including phenoxy) is 3. The molecular formula is C15H25NO4. The largest absolute Gasteiger partial charge is 0.497 e. The van der Waals surface area contributed by atoms with Gasteiger partial charge in [0.2, 0.25) is 0 Å². The molecule has 0 saturated heterocycles. The zero-order valence-corrected chi connectivity index (χ0v) is 12.5. The van der Waals surface area contributed by atoms with Gasteiger partial charge in [0.25, 0.3) is 0 Å². The van der Waals surface area contributed by atoms with Crippen molar-refractivity contribution in [2.75, 3.05) is 34.0 Å². The highest BCUT2D eigenvalue weighted by Gasteiger charge is 2.09. The molecule has 0 aliphatic heterocycles. The van der Waals surface area contributed by atoms with E-state index in [-0.39, 0.29) is 13.2 Å². The van der Waals surface area contributed by atoms with Crippen molar-refractivity contribution in [2.45, 2.75) is 26.0 Å². The molecule has 1 aromatic carbocycles. The Balaban J connectivity index is 2.67. The van der Waals surface area contributed by atoms with E-state index in [1.54, 1.807) is 14.2 Å². The molecule has 0 aliphatic rings. The lowest BCUT2D eigenvalue weighted by Gasteiger charge is -2.16. The zero-order valence-electron chi connectivity index (χ0n) is 12.5. The summed E-state index contributed by atoms with van der Waals surface area (Å²) in [7, 11) is 3.17. The fourth-order valence-corrected chi connectivity index (χ4v) is 1.77. The Hall–Kier alpha value is -1.30. The molecular weight excluding hydrogens is 258 g/mol. The minimum atomic E-state index is -0.636. The van der Waals surface area contributed by atoms with Crippen LogP contribution in [0, 0.1) is 0 Å². The lowest BCUT2D eigenvalue weighted by Crippen LogP contribution is -2.23. The molecule has 114 valence electrons. The minimum absolute atomic E-state index is 0.196. The van der Waals surface area contributed by atoms with E-state index in [2.05, 4.69) is 12.2 Å². The molecule has 1 rings (SSSR count). The van der Waals surface area contributed by atoms with Crippen LogP contribution in [0.5, 0.6) is 11.5 Å². The number of rotatable bonds is 10. The molecule has 5 heteroatoms. The van der Waals surface area contributed by atoms with E-state index in [0.29, 0.717) is 0 Å². The minimum Gasteiger partial charge on any atom is -0.497 e. The molecule has 2 N–H and O–H groups in total. The van der Waals surface area contributed by atoms with Crippen LogP contribution < -0.4 is 14.8 Å². The zero-order chi connectivity index (χ0) is 14.8. The number of benzene rings is 1. The Labute approximate surface area is 120 Å². The van der Waals surface area contributed by atoms with Gasteiger partial charge < -0.3 is 24.6 Å². The maximum absolute atomic E-state index is 9.65. The molecule has 1 aromatic rings. The third-order valence-electron chi connectivity index (χ3n) is 2.81. The van der Waals surface area contributed by atoms with E-state index < -0.39 is 6.10 Å². The van der Waals surface area contributed by atoms with Crippen LogP contribution in [0.4, 0.5) is 0 Å². The molecule has 20 heavy (non-hydrogen) atoms. The highest BCUT2D eigenvalue weighted by molar-refractivity contribution is 5.40. The first-order chi connectivity index (χ1) is 9.71. The number of hydrogen-bond donors (Lipinski definition) is 2. The highest BCUT2D eigenvalue weighted by Crippen LogP contribution is 2.25. The number of hydrogen-bond acceptors (Lipinski definition) is 5. The van der Waals surface area contributed by atoms with Crippen molar-refractivity contribution < 1.29 is 19.3 Å². The second kappa shape index (κ2) is 9.58. The average Bonchev–Trinajstić information content (AvgIpc) is 2.46. The fourth-order valence-electron chi connectivity index (χ4n) is 1.77. The lowest BCUT2D eigenvalue weighted by molar-refractivity contribution is 0.0322. The Morgan fingerprint density at radius 3 is 2.70 bits per heavy atom. The van der Waals surface area contributed by atoms with Crippen LogP contribution in [0.3, 0.4) is 0 Å². The van der Waals surface area contributed by atoms with E-state index >= 15 is 0 Å². The molecule has 0 heterocycles. The van der Waals surface area contributed by atoms with E-state index in [4.69, 9.17) is 14.2 Å². The Morgan fingerprint density at radius 1 is 1.25 bits per heavy atom. The van der Waals surface area contributed by atoms with Crippen LogP contribution in [-0.4, -0.2) is 45.2 Å². The summed E-state index contributed by atoms with van der Waals surface area (Å²) in [6.07, 6.45) is 0.446. The van der Waals surface area contributed by atoms with Gasteiger partial charge in [0.15, 0.2) is 0 Å². The van der Waals surface area contributed by atoms with E-state index in [1.807, 2.05) is 18.2 Å². The topological polar surface area (TPSA) is 60.0 Å². The monoisotopic (exact) mass is 283 g/mol. The number of methoxy groups -OCH3 is 2. The van der Waals surface area contributed by atoms with Crippen molar-refractivity contribution in [3.05, 3.63) is 23.8 Å². The lowest BCUT2D eigenvalue weighted by atomic mass is 10.2. The average molecular weight is 283 g/mol. The molecule has 5 nitrogen and oxygen atoms in total. The molecule has 0 aromatic heterocycles. The van der Waals surface area contributed by atoms with Crippen LogP contribution in [-0.2, 0) is 11.3 Å². The van der Waals surface area contributed by atoms with Crippen molar-refractivity contribution in [1.82, 2.24) is 5.32 Å². The Kier molecular flexibility index (Phi) is 8.02. The maximum Gasteiger partial charge on any atom is 0.127 e. The van der Waals surface area contributed by atoms with Crippen LogP contribution in [0.25, 0.3) is 0 Å². The van der Waals surface area contributed by atoms with Crippen LogP contribution in [0.2, 0.25) is 0 Å². The van der Waals surface area contributed by atoms with Gasteiger partial charge in [-0.15, -0.1) is 0 Å². The Bertz CT molecular complexity index is 384. The normalized spacial score (nSPS) is 12.2. The first-order valence-electron chi connectivity index (χ1n) is 6.88. The molecule has 1 atom stereocenters. The predicted octanol–water partition coefficient (Wildman–Crippen LogP) is 1.58. The van der Waals surface area contributed by atoms with Crippen LogP contribution in [0.1, 0.15) is 18.9 Å². The Morgan fingerprint density at radius 2 is 2.05 bits per heavy atom. The van der Waals surface area contributed by atoms with E-state index in [1.165, 1.54) is 0 Å². The second-order valence-corrected chi connectivity index (χ2v) is 4.57. The summed E-state index contributed by atoms with van der Waals surface area (Å²) in [5, 5.41) is 13.0. The van der Waals surface area contributed by atoms with Gasteiger partial charge in [0.1, 0.15) is 24.2 Å². The highest BCUT2D eigenvalue weighted by atomic mass is 16.5. The molecule has 0 saturated carbocycles. The van der Waals surface area contributed by atoms with Gasteiger partial charge in [0, 0.05) is 25.3 Å². The van der Waals surface area contributed by atoms with Gasteiger partial charge >= 0.3 is 0 Å². The number of aliphatic hydroxyl groups excluding tert-OH is 1. The number of nitrogens with one attached hydrogen (secondary N) is 1. The van der Waals surface area contributed by atoms with Gasteiger partial charge in [-0.05, 0) is 19.0 Å². The molecule has 0 radical (unpaired) electrons. The van der Waals surface area contributed by atoms with Crippen molar-refractivity contribution in [3.63, 3.8) is 0 Å². The summed E-state index contributed by atoms with van der Waals surface area (Å²) in [5.41, 5.74) is 1.05. The maximum atomic E-state index is 9.65. The predicted molar refractivity (Wildman–Crippen MR) is 78.4 cm³/mol. The smallest absolute Gasteiger partial charge is 0.127 e. The first-order valence-corrected chi connectivity index (χ1v) is 6.88. The van der Waals surface area contributed by atoms with Crippen molar-refractivity contribution in [1.29, 1.82) is 0 Å². The quantitative estimate of drug-likeness (QED) is 0.638. The summed E-state index contributed by atoms with van der Waals surface area (Å²) in [6.45, 7) is 4.26. The van der Waals surface area contributed by atoms with E-state index in [9.17, 15) is 5.11 Å². The standard InChI is InChI=1S/C15H25NO4/c1-4-7-16-9-12-5-6-14(19-3)8-15(12)20-11-13(17)10-18-2/h5-6,8,13,16-17H,4,7,9-11H2,1-3H3. The molecule has 0 amide bonds. The van der Waals surface area contributed by atoms with Crippen molar-refractivity contribution in [3.8, 4) is 11.5 Å². The van der Waals surface area contributed by atoms with Gasteiger partial charge in [-0.25, -0.2) is 0 Å². The molecule has 0 aliphatic carbocycles. The van der Waals surface area contributed by atoms with Crippen molar-refractivity contribution in [2.24, 2.45) is 0 Å². The van der Waals surface area contributed by atoms with E-state index in [0.717, 1.165) is 36.6 Å². The van der Waals surface area contributed by atoms with Crippen LogP contribution >= 0.6 is 0 Å². The molecule has 1 unspecified atom stereocenters. The third kappa shape index (κ3) is 5.77. The molecule has 0 spiro atoms. The molecule has 0 bridgehead atoms. The summed E-state index contributed by atoms with van der Waals surface area (Å²) in [6, 6.07) is 5.71. The molecule has 0 fully saturated rings. The second-order valence-electron chi connectivity index (χ2n) is 4.57. The summed E-state index contributed by atoms with van der Waals surface area (Å²) >= 11 is 0. The fraction of sp³-hybridized carbons (Fsp3) is 0.600. The SMILES string of the molecule is CCCNCc1ccc(OC)cc1OCC(O)COC. The summed E-state index contributed by atoms with van der Waals surface area (Å²) < 4.78 is 15.8. The van der Waals surface area contributed by atoms with Gasteiger partial charge in [0.05, 0.1) is 13.7 Å². The van der Waals surface area contributed by atoms with Gasteiger partial charge in [-0.3, -0.25) is 0 Å². The van der Waals surface area contributed by atoms with Gasteiger partial charge in [-0.2, -0.15) is 0 Å².